The lowest BCUT2D eigenvalue weighted by Gasteiger charge is -2.07. The highest BCUT2D eigenvalue weighted by Gasteiger charge is 2.16. The largest absolute Gasteiger partial charge is 0.435 e. The summed E-state index contributed by atoms with van der Waals surface area (Å²) in [6.45, 7) is -0.814. The van der Waals surface area contributed by atoms with Crippen molar-refractivity contribution in [3.63, 3.8) is 0 Å². The van der Waals surface area contributed by atoms with Crippen molar-refractivity contribution < 1.29 is 18.3 Å². The summed E-state index contributed by atoms with van der Waals surface area (Å²) in [5.74, 6) is -0.454. The Labute approximate surface area is 191 Å². The molecule has 0 fully saturated rings. The number of thiazole rings is 1. The van der Waals surface area contributed by atoms with Crippen LogP contribution in [0.15, 0.2) is 71.5 Å². The van der Waals surface area contributed by atoms with Crippen LogP contribution in [0.4, 0.5) is 13.9 Å². The van der Waals surface area contributed by atoms with E-state index in [9.17, 15) is 18.4 Å². The van der Waals surface area contributed by atoms with Gasteiger partial charge >= 0.3 is 6.61 Å². The third kappa shape index (κ3) is 5.47. The summed E-state index contributed by atoms with van der Waals surface area (Å²) in [5.41, 5.74) is 1.95. The van der Waals surface area contributed by atoms with Gasteiger partial charge in [0, 0.05) is 16.5 Å². The first-order valence-electron chi connectivity index (χ1n) is 9.85. The van der Waals surface area contributed by atoms with Crippen molar-refractivity contribution in [2.45, 2.75) is 20.1 Å². The Balaban J connectivity index is 1.50. The van der Waals surface area contributed by atoms with Crippen LogP contribution in [-0.4, -0.2) is 27.3 Å². The molecule has 7 nitrogen and oxygen atoms in total. The Bertz CT molecular complexity index is 1320. The van der Waals surface area contributed by atoms with Crippen LogP contribution in [0.1, 0.15) is 20.9 Å². The van der Waals surface area contributed by atoms with Gasteiger partial charge in [-0.3, -0.25) is 14.9 Å². The summed E-state index contributed by atoms with van der Waals surface area (Å²) in [5, 5.41) is 7.23. The molecule has 0 saturated heterocycles. The van der Waals surface area contributed by atoms with Crippen LogP contribution in [0, 0.1) is 6.92 Å². The molecular formula is C23H18F2N4O3S. The van der Waals surface area contributed by atoms with E-state index in [-0.39, 0.29) is 23.5 Å². The normalized spacial score (nSPS) is 10.9. The van der Waals surface area contributed by atoms with Gasteiger partial charge in [-0.15, -0.1) is 11.3 Å². The Morgan fingerprint density at radius 2 is 1.82 bits per heavy atom. The summed E-state index contributed by atoms with van der Waals surface area (Å²) >= 11 is 1.27. The zero-order chi connectivity index (χ0) is 23.4. The molecule has 2 aromatic carbocycles. The first-order chi connectivity index (χ1) is 15.9. The Morgan fingerprint density at radius 3 is 2.52 bits per heavy atom. The number of aryl methyl sites for hydroxylation is 1. The molecule has 0 unspecified atom stereocenters. The van der Waals surface area contributed by atoms with Crippen molar-refractivity contribution >= 4 is 22.4 Å². The van der Waals surface area contributed by atoms with Gasteiger partial charge in [-0.05, 0) is 42.8 Å². The maximum absolute atomic E-state index is 12.7. The number of ether oxygens (including phenoxy) is 1. The number of amides is 1. The van der Waals surface area contributed by atoms with Gasteiger partial charge in [0.05, 0.1) is 12.2 Å². The highest BCUT2D eigenvalue weighted by Crippen LogP contribution is 2.31. The van der Waals surface area contributed by atoms with Crippen LogP contribution in [0.3, 0.4) is 0 Å². The van der Waals surface area contributed by atoms with E-state index < -0.39 is 12.5 Å². The van der Waals surface area contributed by atoms with Gasteiger partial charge < -0.3 is 4.74 Å². The molecule has 0 atom stereocenters. The minimum atomic E-state index is -2.89. The van der Waals surface area contributed by atoms with Crippen molar-refractivity contribution in [2.75, 3.05) is 5.32 Å². The fourth-order valence-electron chi connectivity index (χ4n) is 3.11. The van der Waals surface area contributed by atoms with E-state index in [2.05, 4.69) is 20.1 Å². The van der Waals surface area contributed by atoms with Crippen LogP contribution in [-0.2, 0) is 6.54 Å². The van der Waals surface area contributed by atoms with Gasteiger partial charge in [0.1, 0.15) is 11.4 Å². The maximum atomic E-state index is 12.7. The molecular weight excluding hydrogens is 450 g/mol. The molecule has 0 spiro atoms. The van der Waals surface area contributed by atoms with E-state index in [1.165, 1.54) is 40.3 Å². The average Bonchev–Trinajstić information content (AvgIpc) is 3.16. The SMILES string of the molecule is Cc1sc(NC(=O)c2ccc(=O)n(Cc3ccccc3)n2)nc1-c1ccc(OC(F)F)cc1. The molecule has 10 heteroatoms. The third-order valence-electron chi connectivity index (χ3n) is 4.64. The van der Waals surface area contributed by atoms with Crippen molar-refractivity contribution in [2.24, 2.45) is 0 Å². The zero-order valence-corrected chi connectivity index (χ0v) is 18.2. The van der Waals surface area contributed by atoms with Crippen LogP contribution >= 0.6 is 11.3 Å². The van der Waals surface area contributed by atoms with E-state index in [0.717, 1.165) is 10.4 Å². The summed E-state index contributed by atoms with van der Waals surface area (Å²) < 4.78 is 30.3. The summed E-state index contributed by atoms with van der Waals surface area (Å²) in [7, 11) is 0. The number of benzene rings is 2. The van der Waals surface area contributed by atoms with Gasteiger partial charge in [-0.1, -0.05) is 30.3 Å². The molecule has 1 amide bonds. The molecule has 4 aromatic rings. The van der Waals surface area contributed by atoms with Gasteiger partial charge in [0.25, 0.3) is 11.5 Å². The van der Waals surface area contributed by atoms with Crippen LogP contribution in [0.2, 0.25) is 0 Å². The summed E-state index contributed by atoms with van der Waals surface area (Å²) in [4.78, 5) is 30.2. The van der Waals surface area contributed by atoms with Crippen molar-refractivity contribution in [3.8, 4) is 17.0 Å². The molecule has 33 heavy (non-hydrogen) atoms. The Kier molecular flexibility index (Phi) is 6.55. The summed E-state index contributed by atoms with van der Waals surface area (Å²) in [6.07, 6.45) is 0. The zero-order valence-electron chi connectivity index (χ0n) is 17.4. The lowest BCUT2D eigenvalue weighted by Crippen LogP contribution is -2.26. The van der Waals surface area contributed by atoms with Crippen LogP contribution in [0.25, 0.3) is 11.3 Å². The van der Waals surface area contributed by atoms with Crippen LogP contribution in [0.5, 0.6) is 5.75 Å². The van der Waals surface area contributed by atoms with Gasteiger partial charge in [-0.2, -0.15) is 13.9 Å². The first kappa shape index (κ1) is 22.3. The number of carbonyl (C=O) groups excluding carboxylic acids is 1. The van der Waals surface area contributed by atoms with Gasteiger partial charge in [-0.25, -0.2) is 9.67 Å². The third-order valence-corrected chi connectivity index (χ3v) is 5.53. The van der Waals surface area contributed by atoms with Crippen molar-refractivity contribution in [3.05, 3.63) is 93.2 Å². The lowest BCUT2D eigenvalue weighted by atomic mass is 10.1. The molecule has 4 rings (SSSR count). The number of anilines is 1. The number of nitrogens with zero attached hydrogens (tertiary/aromatic N) is 3. The van der Waals surface area contributed by atoms with E-state index in [1.54, 1.807) is 12.1 Å². The molecule has 0 aliphatic rings. The number of carbonyl (C=O) groups is 1. The Morgan fingerprint density at radius 1 is 1.09 bits per heavy atom. The van der Waals surface area contributed by atoms with E-state index in [4.69, 9.17) is 0 Å². The highest BCUT2D eigenvalue weighted by molar-refractivity contribution is 7.16. The predicted molar refractivity (Wildman–Crippen MR) is 121 cm³/mol. The average molecular weight is 468 g/mol. The lowest BCUT2D eigenvalue weighted by molar-refractivity contribution is -0.0498. The standard InChI is InChI=1S/C23H18F2N4O3S/c1-14-20(16-7-9-17(10-8-16)32-22(24)25)26-23(33-14)27-21(31)18-11-12-19(30)29(28-18)13-15-5-3-2-4-6-15/h2-12,22H,13H2,1H3,(H,26,27,31). The quantitative estimate of drug-likeness (QED) is 0.429. The van der Waals surface area contributed by atoms with Crippen molar-refractivity contribution in [1.82, 2.24) is 14.8 Å². The Hall–Kier alpha value is -3.92. The maximum Gasteiger partial charge on any atom is 0.387 e. The molecule has 0 aliphatic carbocycles. The number of aromatic nitrogens is 3. The minimum Gasteiger partial charge on any atom is -0.435 e. The molecule has 2 heterocycles. The molecule has 168 valence electrons. The second-order valence-electron chi connectivity index (χ2n) is 6.98. The second kappa shape index (κ2) is 9.70. The molecule has 0 bridgehead atoms. The van der Waals surface area contributed by atoms with E-state index in [1.807, 2.05) is 37.3 Å². The fourth-order valence-corrected chi connectivity index (χ4v) is 3.94. The number of nitrogens with one attached hydrogen (secondary N) is 1. The molecule has 1 N–H and O–H groups in total. The molecule has 0 aliphatic heterocycles. The van der Waals surface area contributed by atoms with E-state index in [0.29, 0.717) is 16.4 Å². The molecule has 2 aromatic heterocycles. The first-order valence-corrected chi connectivity index (χ1v) is 10.7. The molecule has 0 saturated carbocycles. The minimum absolute atomic E-state index is 0.0480. The summed E-state index contributed by atoms with van der Waals surface area (Å²) in [6, 6.07) is 18.1. The number of hydrogen-bond acceptors (Lipinski definition) is 6. The monoisotopic (exact) mass is 468 g/mol. The van der Waals surface area contributed by atoms with E-state index >= 15 is 0 Å². The highest BCUT2D eigenvalue weighted by atomic mass is 32.1. The molecule has 0 radical (unpaired) electrons. The van der Waals surface area contributed by atoms with Crippen molar-refractivity contribution in [1.29, 1.82) is 0 Å². The van der Waals surface area contributed by atoms with Crippen LogP contribution < -0.4 is 15.6 Å². The number of rotatable bonds is 7. The fraction of sp³-hybridized carbons (Fsp3) is 0.130. The van der Waals surface area contributed by atoms with Gasteiger partial charge in [0.15, 0.2) is 5.13 Å². The topological polar surface area (TPSA) is 86.1 Å². The number of hydrogen-bond donors (Lipinski definition) is 1. The second-order valence-corrected chi connectivity index (χ2v) is 8.18. The smallest absolute Gasteiger partial charge is 0.387 e. The van der Waals surface area contributed by atoms with Gasteiger partial charge in [0.2, 0.25) is 0 Å². The predicted octanol–water partition coefficient (Wildman–Crippen LogP) is 4.58. The number of alkyl halides is 2. The number of halogens is 2.